The molecule has 0 bridgehead atoms. The zero-order valence-electron chi connectivity index (χ0n) is 15.7. The van der Waals surface area contributed by atoms with Crippen molar-refractivity contribution in [3.8, 4) is 11.8 Å². The lowest BCUT2D eigenvalue weighted by atomic mass is 9.93. The van der Waals surface area contributed by atoms with Gasteiger partial charge in [-0.15, -0.1) is 0 Å². The molecule has 0 radical (unpaired) electrons. The van der Waals surface area contributed by atoms with Crippen LogP contribution in [0.1, 0.15) is 55.2 Å². The van der Waals surface area contributed by atoms with Gasteiger partial charge >= 0.3 is 0 Å². The van der Waals surface area contributed by atoms with Crippen molar-refractivity contribution in [2.75, 3.05) is 13.1 Å². The Labute approximate surface area is 157 Å². The number of amides is 1. The minimum absolute atomic E-state index is 0.0115. The van der Waals surface area contributed by atoms with Crippen LogP contribution >= 0.6 is 0 Å². The van der Waals surface area contributed by atoms with E-state index in [-0.39, 0.29) is 37.3 Å². The van der Waals surface area contributed by atoms with Gasteiger partial charge in [-0.3, -0.25) is 4.79 Å². The number of carbonyl (C=O) groups excluding carboxylic acids is 1. The second-order valence-corrected chi connectivity index (χ2v) is 7.89. The van der Waals surface area contributed by atoms with E-state index in [4.69, 9.17) is 0 Å². The van der Waals surface area contributed by atoms with Gasteiger partial charge in [-0.05, 0) is 24.3 Å². The molecule has 0 saturated carbocycles. The minimum atomic E-state index is -2.71. The molecule has 1 amide bonds. The fourth-order valence-electron chi connectivity index (χ4n) is 3.04. The largest absolute Gasteiger partial charge is 0.338 e. The third kappa shape index (κ3) is 4.00. The number of halogens is 2. The van der Waals surface area contributed by atoms with Crippen LogP contribution in [0.5, 0.6) is 0 Å². The number of rotatable bonds is 2. The predicted molar refractivity (Wildman–Crippen MR) is 97.1 cm³/mol. The first-order valence-electron chi connectivity index (χ1n) is 8.88. The SMILES string of the molecule is CC(C)(C)c1ccn(-c2cc(C#N)ccc2C(=O)N2CCC(F)(F)CC2)n1. The van der Waals surface area contributed by atoms with Crippen molar-refractivity contribution in [1.82, 2.24) is 14.7 Å². The number of hydrogen-bond donors (Lipinski definition) is 0. The van der Waals surface area contributed by atoms with Crippen molar-refractivity contribution >= 4 is 5.91 Å². The van der Waals surface area contributed by atoms with Gasteiger partial charge in [0, 0.05) is 37.5 Å². The maximum Gasteiger partial charge on any atom is 0.256 e. The summed E-state index contributed by atoms with van der Waals surface area (Å²) < 4.78 is 28.4. The van der Waals surface area contributed by atoms with E-state index in [1.807, 2.05) is 26.8 Å². The highest BCUT2D eigenvalue weighted by molar-refractivity contribution is 5.98. The van der Waals surface area contributed by atoms with E-state index < -0.39 is 5.92 Å². The molecule has 1 aromatic heterocycles. The molecule has 1 aliphatic heterocycles. The average molecular weight is 372 g/mol. The number of likely N-dealkylation sites (tertiary alicyclic amines) is 1. The van der Waals surface area contributed by atoms with Crippen LogP contribution < -0.4 is 0 Å². The van der Waals surface area contributed by atoms with E-state index in [9.17, 15) is 18.8 Å². The van der Waals surface area contributed by atoms with Crippen molar-refractivity contribution in [3.05, 3.63) is 47.3 Å². The van der Waals surface area contributed by atoms with Crippen LogP contribution in [-0.4, -0.2) is 39.6 Å². The fraction of sp³-hybridized carbons (Fsp3) is 0.450. The molecule has 27 heavy (non-hydrogen) atoms. The van der Waals surface area contributed by atoms with E-state index in [0.29, 0.717) is 16.8 Å². The molecular formula is C20H22F2N4O. The number of piperidine rings is 1. The first kappa shape index (κ1) is 19.0. The summed E-state index contributed by atoms with van der Waals surface area (Å²) in [5.41, 5.74) is 1.91. The monoisotopic (exact) mass is 372 g/mol. The zero-order valence-corrected chi connectivity index (χ0v) is 15.7. The number of hydrogen-bond acceptors (Lipinski definition) is 3. The predicted octanol–water partition coefficient (Wildman–Crippen LogP) is 3.91. The molecule has 1 saturated heterocycles. The van der Waals surface area contributed by atoms with Gasteiger partial charge in [0.25, 0.3) is 11.8 Å². The molecular weight excluding hydrogens is 350 g/mol. The Hall–Kier alpha value is -2.75. The van der Waals surface area contributed by atoms with E-state index in [2.05, 4.69) is 11.2 Å². The smallest absolute Gasteiger partial charge is 0.256 e. The molecule has 142 valence electrons. The molecule has 2 heterocycles. The summed E-state index contributed by atoms with van der Waals surface area (Å²) in [5, 5.41) is 13.8. The zero-order chi connectivity index (χ0) is 19.8. The van der Waals surface area contributed by atoms with Crippen molar-refractivity contribution in [1.29, 1.82) is 5.26 Å². The van der Waals surface area contributed by atoms with E-state index >= 15 is 0 Å². The van der Waals surface area contributed by atoms with E-state index in [0.717, 1.165) is 5.69 Å². The van der Waals surface area contributed by atoms with Gasteiger partial charge in [0.05, 0.1) is 28.6 Å². The number of nitrogens with zero attached hydrogens (tertiary/aromatic N) is 4. The maximum atomic E-state index is 13.4. The molecule has 0 unspecified atom stereocenters. The van der Waals surface area contributed by atoms with Gasteiger partial charge < -0.3 is 4.90 Å². The third-order valence-corrected chi connectivity index (χ3v) is 4.74. The fourth-order valence-corrected chi connectivity index (χ4v) is 3.04. The first-order valence-corrected chi connectivity index (χ1v) is 8.88. The van der Waals surface area contributed by atoms with Gasteiger partial charge in [-0.2, -0.15) is 10.4 Å². The molecule has 1 aliphatic rings. The lowest BCUT2D eigenvalue weighted by Crippen LogP contribution is -2.43. The number of nitriles is 1. The maximum absolute atomic E-state index is 13.4. The Morgan fingerprint density at radius 2 is 1.89 bits per heavy atom. The summed E-state index contributed by atoms with van der Waals surface area (Å²) in [6, 6.07) is 8.67. The molecule has 1 fully saturated rings. The van der Waals surface area contributed by atoms with Crippen LogP contribution in [0.4, 0.5) is 8.78 Å². The summed E-state index contributed by atoms with van der Waals surface area (Å²) in [7, 11) is 0. The Bertz CT molecular complexity index is 895. The minimum Gasteiger partial charge on any atom is -0.338 e. The highest BCUT2D eigenvalue weighted by atomic mass is 19.3. The lowest BCUT2D eigenvalue weighted by molar-refractivity contribution is -0.0494. The number of benzene rings is 1. The van der Waals surface area contributed by atoms with Gasteiger partial charge in [0.15, 0.2) is 0 Å². The number of carbonyl (C=O) groups is 1. The number of alkyl halides is 2. The second kappa shape index (κ2) is 6.76. The summed E-state index contributed by atoms with van der Waals surface area (Å²) in [4.78, 5) is 14.4. The molecule has 0 atom stereocenters. The molecule has 2 aromatic rings. The lowest BCUT2D eigenvalue weighted by Gasteiger charge is -2.32. The Balaban J connectivity index is 1.98. The molecule has 0 spiro atoms. The average Bonchev–Trinajstić information content (AvgIpc) is 3.11. The van der Waals surface area contributed by atoms with E-state index in [1.165, 1.54) is 4.90 Å². The summed E-state index contributed by atoms with van der Waals surface area (Å²) in [6.07, 6.45) is 1.08. The Morgan fingerprint density at radius 1 is 1.22 bits per heavy atom. The Kier molecular flexibility index (Phi) is 4.77. The van der Waals surface area contributed by atoms with Gasteiger partial charge in [-0.1, -0.05) is 20.8 Å². The van der Waals surface area contributed by atoms with Gasteiger partial charge in [-0.25, -0.2) is 13.5 Å². The highest BCUT2D eigenvalue weighted by Crippen LogP contribution is 2.29. The van der Waals surface area contributed by atoms with Crippen LogP contribution in [-0.2, 0) is 5.41 Å². The number of aromatic nitrogens is 2. The van der Waals surface area contributed by atoms with E-state index in [1.54, 1.807) is 29.1 Å². The quantitative estimate of drug-likeness (QED) is 0.803. The highest BCUT2D eigenvalue weighted by Gasteiger charge is 2.36. The van der Waals surface area contributed by atoms with Crippen molar-refractivity contribution in [2.24, 2.45) is 0 Å². The molecule has 1 aromatic carbocycles. The van der Waals surface area contributed by atoms with Crippen LogP contribution in [0, 0.1) is 11.3 Å². The topological polar surface area (TPSA) is 61.9 Å². The van der Waals surface area contributed by atoms with Crippen molar-refractivity contribution < 1.29 is 13.6 Å². The van der Waals surface area contributed by atoms with Crippen LogP contribution in [0.25, 0.3) is 5.69 Å². The standard InChI is InChI=1S/C20H22F2N4O/c1-19(2,3)17-6-9-26(24-17)16-12-14(13-23)4-5-15(16)18(27)25-10-7-20(21,22)8-11-25/h4-6,9,12H,7-8,10-11H2,1-3H3. The van der Waals surface area contributed by atoms with Gasteiger partial charge in [0.2, 0.25) is 0 Å². The summed E-state index contributed by atoms with van der Waals surface area (Å²) in [6.45, 7) is 6.12. The second-order valence-electron chi connectivity index (χ2n) is 7.89. The third-order valence-electron chi connectivity index (χ3n) is 4.74. The first-order chi connectivity index (χ1) is 12.6. The normalized spacial score (nSPS) is 16.8. The van der Waals surface area contributed by atoms with Crippen LogP contribution in [0.2, 0.25) is 0 Å². The molecule has 0 N–H and O–H groups in total. The summed E-state index contributed by atoms with van der Waals surface area (Å²) in [5.74, 6) is -3.04. The Morgan fingerprint density at radius 3 is 2.44 bits per heavy atom. The van der Waals surface area contributed by atoms with Crippen LogP contribution in [0.3, 0.4) is 0 Å². The summed E-state index contributed by atoms with van der Waals surface area (Å²) >= 11 is 0. The molecule has 5 nitrogen and oxygen atoms in total. The molecule has 0 aliphatic carbocycles. The van der Waals surface area contributed by atoms with Gasteiger partial charge in [0.1, 0.15) is 0 Å². The molecule has 3 rings (SSSR count). The molecule has 7 heteroatoms. The van der Waals surface area contributed by atoms with Crippen molar-refractivity contribution in [2.45, 2.75) is 45.0 Å². The van der Waals surface area contributed by atoms with Crippen LogP contribution in [0.15, 0.2) is 30.5 Å². The van der Waals surface area contributed by atoms with Crippen molar-refractivity contribution in [3.63, 3.8) is 0 Å².